The molecule has 1 atom stereocenters. The van der Waals surface area contributed by atoms with Crippen LogP contribution in [0, 0.1) is 23.2 Å². The van der Waals surface area contributed by atoms with E-state index in [0.717, 1.165) is 24.2 Å². The average Bonchev–Trinajstić information content (AvgIpc) is 2.95. The highest BCUT2D eigenvalue weighted by Gasteiger charge is 2.54. The van der Waals surface area contributed by atoms with Gasteiger partial charge in [-0.25, -0.2) is 4.79 Å². The summed E-state index contributed by atoms with van der Waals surface area (Å²) in [5, 5.41) is 0. The molecule has 6 heteroatoms. The minimum absolute atomic E-state index is 0.0134. The number of benzene rings is 1. The van der Waals surface area contributed by atoms with Crippen LogP contribution in [0.25, 0.3) is 0 Å². The summed E-state index contributed by atoms with van der Waals surface area (Å²) >= 11 is 0. The number of ether oxygens (including phenoxy) is 1. The average molecular weight is 395 g/mol. The predicted molar refractivity (Wildman–Crippen MR) is 103 cm³/mol. The molecule has 6 rings (SSSR count). The first-order chi connectivity index (χ1) is 13.9. The first-order valence-corrected chi connectivity index (χ1v) is 10.5. The Hall–Kier alpha value is -2.50. The SMILES string of the molecule is C[C@H](C(=O)OCC(=O)C12CC3CC(CC(C3)C1)C2)N1C(=O)c2ccccc2C1=O. The minimum Gasteiger partial charge on any atom is -0.456 e. The molecule has 0 spiro atoms. The highest BCUT2D eigenvalue weighted by Crippen LogP contribution is 2.60. The Balaban J connectivity index is 1.24. The molecule has 0 radical (unpaired) electrons. The molecule has 0 N–H and O–H groups in total. The van der Waals surface area contributed by atoms with Crippen LogP contribution in [0.5, 0.6) is 0 Å². The van der Waals surface area contributed by atoms with Gasteiger partial charge < -0.3 is 4.74 Å². The van der Waals surface area contributed by atoms with Gasteiger partial charge in [0.1, 0.15) is 6.04 Å². The highest BCUT2D eigenvalue weighted by atomic mass is 16.5. The van der Waals surface area contributed by atoms with E-state index >= 15 is 0 Å². The van der Waals surface area contributed by atoms with Gasteiger partial charge in [-0.2, -0.15) is 0 Å². The van der Waals surface area contributed by atoms with Crippen LogP contribution in [0.15, 0.2) is 24.3 Å². The van der Waals surface area contributed by atoms with Crippen molar-refractivity contribution in [2.24, 2.45) is 23.2 Å². The van der Waals surface area contributed by atoms with Crippen molar-refractivity contribution in [1.82, 2.24) is 4.90 Å². The van der Waals surface area contributed by atoms with E-state index in [2.05, 4.69) is 0 Å². The third kappa shape index (κ3) is 2.83. The molecule has 152 valence electrons. The Labute approximate surface area is 169 Å². The number of rotatable bonds is 5. The van der Waals surface area contributed by atoms with Gasteiger partial charge in [0.05, 0.1) is 11.1 Å². The van der Waals surface area contributed by atoms with Gasteiger partial charge in [0, 0.05) is 5.41 Å². The molecule has 29 heavy (non-hydrogen) atoms. The molecular formula is C23H25NO5. The first-order valence-electron chi connectivity index (χ1n) is 10.5. The quantitative estimate of drug-likeness (QED) is 0.566. The number of imide groups is 1. The topological polar surface area (TPSA) is 80.8 Å². The Morgan fingerprint density at radius 2 is 1.48 bits per heavy atom. The summed E-state index contributed by atoms with van der Waals surface area (Å²) in [6.45, 7) is 1.21. The summed E-state index contributed by atoms with van der Waals surface area (Å²) in [6.07, 6.45) is 6.48. The lowest BCUT2D eigenvalue weighted by molar-refractivity contribution is -0.159. The zero-order chi connectivity index (χ0) is 20.3. The van der Waals surface area contributed by atoms with Gasteiger partial charge in [0.2, 0.25) is 0 Å². The van der Waals surface area contributed by atoms with Gasteiger partial charge in [-0.15, -0.1) is 0 Å². The van der Waals surface area contributed by atoms with Gasteiger partial charge in [-0.3, -0.25) is 19.3 Å². The zero-order valence-electron chi connectivity index (χ0n) is 16.6. The third-order valence-electron chi connectivity index (χ3n) is 7.53. The Kier molecular flexibility index (Phi) is 4.16. The standard InChI is InChI=1S/C23H25NO5/c1-13(24-20(26)17-4-2-3-5-18(17)21(24)27)22(28)29-12-19(25)23-9-14-6-15(10-23)8-16(7-14)11-23/h2-5,13-16H,6-12H2,1H3/t13-,14?,15?,16?,23?/m1/s1. The van der Waals surface area contributed by atoms with Crippen LogP contribution in [-0.4, -0.2) is 41.1 Å². The van der Waals surface area contributed by atoms with Gasteiger partial charge in [-0.1, -0.05) is 12.1 Å². The van der Waals surface area contributed by atoms with E-state index in [1.807, 2.05) is 0 Å². The molecule has 1 heterocycles. The molecule has 6 nitrogen and oxygen atoms in total. The number of Topliss-reactive ketones (excluding diaryl/α,β-unsaturated/α-hetero) is 1. The summed E-state index contributed by atoms with van der Waals surface area (Å²) in [4.78, 5) is 51.6. The van der Waals surface area contributed by atoms with Crippen LogP contribution in [-0.2, 0) is 14.3 Å². The van der Waals surface area contributed by atoms with Crippen molar-refractivity contribution in [2.75, 3.05) is 6.61 Å². The van der Waals surface area contributed by atoms with Crippen molar-refractivity contribution in [3.8, 4) is 0 Å². The maximum absolute atomic E-state index is 13.0. The van der Waals surface area contributed by atoms with Crippen LogP contribution in [0.1, 0.15) is 66.2 Å². The number of esters is 1. The number of amides is 2. The van der Waals surface area contributed by atoms with Crippen LogP contribution in [0.3, 0.4) is 0 Å². The summed E-state index contributed by atoms with van der Waals surface area (Å²) in [7, 11) is 0. The van der Waals surface area contributed by atoms with Crippen LogP contribution < -0.4 is 0 Å². The molecule has 4 saturated carbocycles. The molecule has 0 saturated heterocycles. The Morgan fingerprint density at radius 3 is 1.97 bits per heavy atom. The van der Waals surface area contributed by atoms with E-state index in [0.29, 0.717) is 28.9 Å². The lowest BCUT2D eigenvalue weighted by Gasteiger charge is -2.55. The van der Waals surface area contributed by atoms with Crippen molar-refractivity contribution < 1.29 is 23.9 Å². The van der Waals surface area contributed by atoms with E-state index in [4.69, 9.17) is 4.74 Å². The van der Waals surface area contributed by atoms with Crippen LogP contribution >= 0.6 is 0 Å². The third-order valence-corrected chi connectivity index (χ3v) is 7.53. The maximum atomic E-state index is 13.0. The fourth-order valence-corrected chi connectivity index (χ4v) is 6.53. The molecule has 4 fully saturated rings. The molecule has 1 aliphatic heterocycles. The minimum atomic E-state index is -1.06. The monoisotopic (exact) mass is 395 g/mol. The largest absolute Gasteiger partial charge is 0.456 e. The van der Waals surface area contributed by atoms with Crippen LogP contribution in [0.4, 0.5) is 0 Å². The molecule has 5 aliphatic rings. The van der Waals surface area contributed by atoms with E-state index in [1.54, 1.807) is 24.3 Å². The van der Waals surface area contributed by atoms with Crippen molar-refractivity contribution in [3.05, 3.63) is 35.4 Å². The Morgan fingerprint density at radius 1 is 1.00 bits per heavy atom. The van der Waals surface area contributed by atoms with Gasteiger partial charge in [0.15, 0.2) is 12.4 Å². The lowest BCUT2D eigenvalue weighted by Crippen LogP contribution is -2.51. The molecular weight excluding hydrogens is 370 g/mol. The molecule has 1 aromatic rings. The van der Waals surface area contributed by atoms with Gasteiger partial charge in [0.25, 0.3) is 11.8 Å². The second-order valence-corrected chi connectivity index (χ2v) is 9.43. The fourth-order valence-electron chi connectivity index (χ4n) is 6.53. The predicted octanol–water partition coefficient (Wildman–Crippen LogP) is 3.00. The smallest absolute Gasteiger partial charge is 0.329 e. The summed E-state index contributed by atoms with van der Waals surface area (Å²) < 4.78 is 5.33. The molecule has 4 bridgehead atoms. The first kappa shape index (κ1) is 18.5. The number of hydrogen-bond acceptors (Lipinski definition) is 5. The number of ketones is 1. The van der Waals surface area contributed by atoms with Crippen LogP contribution in [0.2, 0.25) is 0 Å². The summed E-state index contributed by atoms with van der Waals surface area (Å²) in [5.74, 6) is 0.219. The second-order valence-electron chi connectivity index (χ2n) is 9.43. The Bertz CT molecular complexity index is 849. The highest BCUT2D eigenvalue weighted by molar-refractivity contribution is 6.22. The maximum Gasteiger partial charge on any atom is 0.329 e. The second kappa shape index (κ2) is 6.51. The van der Waals surface area contributed by atoms with E-state index in [9.17, 15) is 19.2 Å². The molecule has 0 unspecified atom stereocenters. The molecule has 2 amide bonds. The normalized spacial score (nSPS) is 33.0. The zero-order valence-corrected chi connectivity index (χ0v) is 16.6. The number of carbonyl (C=O) groups excluding carboxylic acids is 4. The number of fused-ring (bicyclic) bond motifs is 1. The van der Waals surface area contributed by atoms with Gasteiger partial charge >= 0.3 is 5.97 Å². The number of nitrogens with zero attached hydrogens (tertiary/aromatic N) is 1. The molecule has 1 aromatic carbocycles. The molecule has 4 aliphatic carbocycles. The van der Waals surface area contributed by atoms with E-state index in [1.165, 1.54) is 26.2 Å². The number of carbonyl (C=O) groups is 4. The van der Waals surface area contributed by atoms with Crippen molar-refractivity contribution >= 4 is 23.6 Å². The number of hydrogen-bond donors (Lipinski definition) is 0. The lowest BCUT2D eigenvalue weighted by atomic mass is 9.48. The van der Waals surface area contributed by atoms with Crippen molar-refractivity contribution in [2.45, 2.75) is 51.5 Å². The molecule has 0 aromatic heterocycles. The van der Waals surface area contributed by atoms with E-state index in [-0.39, 0.29) is 17.8 Å². The summed E-state index contributed by atoms with van der Waals surface area (Å²) in [5.41, 5.74) is 0.261. The van der Waals surface area contributed by atoms with Gasteiger partial charge in [-0.05, 0) is 75.3 Å². The van der Waals surface area contributed by atoms with E-state index < -0.39 is 23.8 Å². The summed E-state index contributed by atoms with van der Waals surface area (Å²) in [6, 6.07) is 5.45. The van der Waals surface area contributed by atoms with Crippen molar-refractivity contribution in [3.63, 3.8) is 0 Å². The fraction of sp³-hybridized carbons (Fsp3) is 0.565. The van der Waals surface area contributed by atoms with Crippen molar-refractivity contribution in [1.29, 1.82) is 0 Å².